The van der Waals surface area contributed by atoms with Gasteiger partial charge >= 0.3 is 5.97 Å². The number of hydrogen-bond donors (Lipinski definition) is 0. The molecule has 1 fully saturated rings. The van der Waals surface area contributed by atoms with E-state index >= 15 is 4.39 Å². The number of carbonyl (C=O) groups excluding carboxylic acids is 1. The number of imidazole rings is 1. The van der Waals surface area contributed by atoms with Gasteiger partial charge in [-0.2, -0.15) is 0 Å². The minimum atomic E-state index is -0.795. The lowest BCUT2D eigenvalue weighted by atomic mass is 10.1. The van der Waals surface area contributed by atoms with Gasteiger partial charge in [0.1, 0.15) is 28.6 Å². The zero-order chi connectivity index (χ0) is 23.2. The van der Waals surface area contributed by atoms with Gasteiger partial charge in [-0.1, -0.05) is 15.9 Å². The lowest BCUT2D eigenvalue weighted by Crippen LogP contribution is -2.32. The number of benzene rings is 2. The van der Waals surface area contributed by atoms with Crippen LogP contribution in [0.4, 0.5) is 13.2 Å². The first-order chi connectivity index (χ1) is 15.0. The molecule has 9 heteroatoms. The number of rotatable bonds is 5. The standard InChI is InChI=1S/C23H22BrF3N2O3/c1-23(2,3)32-22(30)14-4-5-18-21(20(14)27)29(11-13-6-7-31-13)19(28-18)10-15-16(25)8-12(24)9-17(15)26/h4-5,8-9,13H,6-7,10-11H2,1-3H3/t13-/m0/s1. The van der Waals surface area contributed by atoms with E-state index in [0.717, 1.165) is 6.42 Å². The van der Waals surface area contributed by atoms with Crippen molar-refractivity contribution in [3.63, 3.8) is 0 Å². The summed E-state index contributed by atoms with van der Waals surface area (Å²) in [7, 11) is 0. The predicted molar refractivity (Wildman–Crippen MR) is 116 cm³/mol. The molecule has 4 rings (SSSR count). The largest absolute Gasteiger partial charge is 0.456 e. The van der Waals surface area contributed by atoms with Gasteiger partial charge in [-0.05, 0) is 51.5 Å². The molecule has 5 nitrogen and oxygen atoms in total. The third kappa shape index (κ3) is 4.54. The normalized spacial score (nSPS) is 16.3. The van der Waals surface area contributed by atoms with Crippen molar-refractivity contribution < 1.29 is 27.4 Å². The molecule has 0 amide bonds. The second-order valence-corrected chi connectivity index (χ2v) is 9.66. The number of carbonyl (C=O) groups is 1. The zero-order valence-corrected chi connectivity index (χ0v) is 19.4. The van der Waals surface area contributed by atoms with Gasteiger partial charge in [0.25, 0.3) is 0 Å². The van der Waals surface area contributed by atoms with Crippen LogP contribution in [0.5, 0.6) is 0 Å². The summed E-state index contributed by atoms with van der Waals surface area (Å²) < 4.78 is 57.1. The highest BCUT2D eigenvalue weighted by Crippen LogP contribution is 2.29. The van der Waals surface area contributed by atoms with Crippen molar-refractivity contribution in [2.45, 2.75) is 51.9 Å². The Hall–Kier alpha value is -2.39. The summed E-state index contributed by atoms with van der Waals surface area (Å²) in [5, 5.41) is 0. The third-order valence-electron chi connectivity index (χ3n) is 5.16. The Balaban J connectivity index is 1.82. The third-order valence-corrected chi connectivity index (χ3v) is 5.62. The molecule has 0 N–H and O–H groups in total. The Morgan fingerprint density at radius 3 is 2.47 bits per heavy atom. The molecule has 170 valence electrons. The molecule has 0 bridgehead atoms. The molecule has 1 saturated heterocycles. The van der Waals surface area contributed by atoms with E-state index < -0.39 is 29.0 Å². The molecule has 1 aliphatic heterocycles. The summed E-state index contributed by atoms with van der Waals surface area (Å²) in [5.41, 5.74) is -0.832. The van der Waals surface area contributed by atoms with Crippen molar-refractivity contribution in [3.8, 4) is 0 Å². The minimum Gasteiger partial charge on any atom is -0.456 e. The molecule has 0 spiro atoms. The molecule has 0 saturated carbocycles. The number of esters is 1. The van der Waals surface area contributed by atoms with Crippen molar-refractivity contribution in [2.75, 3.05) is 6.61 Å². The van der Waals surface area contributed by atoms with Crippen LogP contribution in [-0.4, -0.2) is 33.8 Å². The van der Waals surface area contributed by atoms with Crippen LogP contribution < -0.4 is 0 Å². The molecule has 0 unspecified atom stereocenters. The summed E-state index contributed by atoms with van der Waals surface area (Å²) in [5.74, 6) is -2.77. The first-order valence-corrected chi connectivity index (χ1v) is 11.0. The predicted octanol–water partition coefficient (Wildman–Crippen LogP) is 5.55. The topological polar surface area (TPSA) is 53.3 Å². The Kier molecular flexibility index (Phi) is 6.06. The maximum Gasteiger partial charge on any atom is 0.341 e. The Morgan fingerprint density at radius 1 is 1.25 bits per heavy atom. The quantitative estimate of drug-likeness (QED) is 0.422. The van der Waals surface area contributed by atoms with Gasteiger partial charge in [-0.3, -0.25) is 0 Å². The molecule has 0 aliphatic carbocycles. The van der Waals surface area contributed by atoms with E-state index in [9.17, 15) is 13.6 Å². The van der Waals surface area contributed by atoms with E-state index in [2.05, 4.69) is 20.9 Å². The van der Waals surface area contributed by atoms with Gasteiger partial charge in [-0.15, -0.1) is 0 Å². The van der Waals surface area contributed by atoms with Gasteiger partial charge in [-0.25, -0.2) is 22.9 Å². The highest BCUT2D eigenvalue weighted by atomic mass is 79.9. The molecular formula is C23H22BrF3N2O3. The van der Waals surface area contributed by atoms with Crippen LogP contribution in [0, 0.1) is 17.5 Å². The number of ether oxygens (including phenoxy) is 2. The smallest absolute Gasteiger partial charge is 0.341 e. The molecule has 2 heterocycles. The van der Waals surface area contributed by atoms with E-state index in [4.69, 9.17) is 9.47 Å². The van der Waals surface area contributed by atoms with Crippen LogP contribution in [0.2, 0.25) is 0 Å². The molecule has 1 aliphatic rings. The number of halogens is 4. The average molecular weight is 511 g/mol. The van der Waals surface area contributed by atoms with Crippen LogP contribution in [0.15, 0.2) is 28.7 Å². The van der Waals surface area contributed by atoms with Crippen molar-refractivity contribution in [1.29, 1.82) is 0 Å². The summed E-state index contributed by atoms with van der Waals surface area (Å²) in [6, 6.07) is 5.16. The molecule has 1 aromatic heterocycles. The highest BCUT2D eigenvalue weighted by molar-refractivity contribution is 9.10. The van der Waals surface area contributed by atoms with Gasteiger partial charge in [0.15, 0.2) is 5.82 Å². The maximum atomic E-state index is 15.5. The first kappa shape index (κ1) is 22.8. The highest BCUT2D eigenvalue weighted by Gasteiger charge is 2.28. The second-order valence-electron chi connectivity index (χ2n) is 8.74. The van der Waals surface area contributed by atoms with Crippen LogP contribution in [0.1, 0.15) is 48.9 Å². The molecule has 32 heavy (non-hydrogen) atoms. The Bertz CT molecular complexity index is 1180. The number of nitrogens with zero attached hydrogens (tertiary/aromatic N) is 2. The number of hydrogen-bond acceptors (Lipinski definition) is 4. The fraction of sp³-hybridized carbons (Fsp3) is 0.391. The molecule has 1 atom stereocenters. The summed E-state index contributed by atoms with van der Waals surface area (Å²) >= 11 is 3.07. The fourth-order valence-electron chi connectivity index (χ4n) is 3.58. The molecule has 0 radical (unpaired) electrons. The first-order valence-electron chi connectivity index (χ1n) is 10.2. The summed E-state index contributed by atoms with van der Waals surface area (Å²) in [6.07, 6.45) is 0.413. The minimum absolute atomic E-state index is 0.0804. The van der Waals surface area contributed by atoms with E-state index in [1.54, 1.807) is 25.3 Å². The number of fused-ring (bicyclic) bond motifs is 1. The molecule has 2 aromatic carbocycles. The van der Waals surface area contributed by atoms with Gasteiger partial charge in [0.2, 0.25) is 0 Å². The maximum absolute atomic E-state index is 15.5. The Morgan fingerprint density at radius 2 is 1.91 bits per heavy atom. The number of aromatic nitrogens is 2. The van der Waals surface area contributed by atoms with E-state index in [0.29, 0.717) is 6.61 Å². The van der Waals surface area contributed by atoms with Gasteiger partial charge in [0, 0.05) is 23.1 Å². The van der Waals surface area contributed by atoms with Crippen LogP contribution >= 0.6 is 15.9 Å². The Labute approximate surface area is 191 Å². The van der Waals surface area contributed by atoms with E-state index in [1.807, 2.05) is 0 Å². The van der Waals surface area contributed by atoms with Gasteiger partial charge < -0.3 is 14.0 Å². The molecular weight excluding hydrogens is 489 g/mol. The summed E-state index contributed by atoms with van der Waals surface area (Å²) in [4.78, 5) is 17.0. The van der Waals surface area contributed by atoms with E-state index in [1.165, 1.54) is 24.3 Å². The van der Waals surface area contributed by atoms with Crippen LogP contribution in [-0.2, 0) is 22.4 Å². The van der Waals surface area contributed by atoms with Crippen LogP contribution in [0.25, 0.3) is 11.0 Å². The fourth-order valence-corrected chi connectivity index (χ4v) is 3.99. The monoisotopic (exact) mass is 510 g/mol. The van der Waals surface area contributed by atoms with Crippen molar-refractivity contribution in [3.05, 3.63) is 63.1 Å². The zero-order valence-electron chi connectivity index (χ0n) is 17.8. The van der Waals surface area contributed by atoms with E-state index in [-0.39, 0.29) is 51.5 Å². The lowest BCUT2D eigenvalue weighted by molar-refractivity contribution is -0.0590. The van der Waals surface area contributed by atoms with Gasteiger partial charge in [0.05, 0.1) is 23.7 Å². The van der Waals surface area contributed by atoms with Crippen molar-refractivity contribution >= 4 is 32.9 Å². The second kappa shape index (κ2) is 8.51. The summed E-state index contributed by atoms with van der Waals surface area (Å²) in [6.45, 7) is 5.92. The average Bonchev–Trinajstić information content (AvgIpc) is 2.98. The van der Waals surface area contributed by atoms with Crippen LogP contribution in [0.3, 0.4) is 0 Å². The molecule has 3 aromatic rings. The lowest BCUT2D eigenvalue weighted by Gasteiger charge is -2.27. The van der Waals surface area contributed by atoms with Crippen molar-refractivity contribution in [1.82, 2.24) is 9.55 Å². The SMILES string of the molecule is CC(C)(C)OC(=O)c1ccc2nc(Cc3c(F)cc(Br)cc3F)n(C[C@@H]3CCO3)c2c1F. The van der Waals surface area contributed by atoms with Crippen molar-refractivity contribution in [2.24, 2.45) is 0 Å².